The maximum Gasteiger partial charge on any atom is 0.323 e. The minimum absolute atomic E-state index is 0.241. The van der Waals surface area contributed by atoms with Gasteiger partial charge in [0.05, 0.1) is 6.61 Å². The topological polar surface area (TPSA) is 38.3 Å². The van der Waals surface area contributed by atoms with Gasteiger partial charge in [0.1, 0.15) is 6.04 Å². The SMILES string of the molecule is CCOC(=O)[C@H](CS)NCc1ccc(C)cc1. The van der Waals surface area contributed by atoms with Crippen molar-refractivity contribution in [2.75, 3.05) is 12.4 Å². The first kappa shape index (κ1) is 14.1. The van der Waals surface area contributed by atoms with E-state index in [1.807, 2.05) is 19.1 Å². The highest BCUT2D eigenvalue weighted by atomic mass is 32.1. The van der Waals surface area contributed by atoms with Gasteiger partial charge in [-0.2, -0.15) is 12.6 Å². The third-order valence-corrected chi connectivity index (χ3v) is 2.79. The number of benzene rings is 1. The molecule has 0 aromatic heterocycles. The molecule has 1 N–H and O–H groups in total. The van der Waals surface area contributed by atoms with Gasteiger partial charge in [-0.15, -0.1) is 0 Å². The van der Waals surface area contributed by atoms with Crippen molar-refractivity contribution in [3.05, 3.63) is 35.4 Å². The monoisotopic (exact) mass is 253 g/mol. The Balaban J connectivity index is 2.47. The summed E-state index contributed by atoms with van der Waals surface area (Å²) < 4.78 is 4.95. The van der Waals surface area contributed by atoms with Crippen molar-refractivity contribution in [1.82, 2.24) is 5.32 Å². The van der Waals surface area contributed by atoms with Crippen molar-refractivity contribution < 1.29 is 9.53 Å². The summed E-state index contributed by atoms with van der Waals surface area (Å²) in [4.78, 5) is 11.5. The van der Waals surface area contributed by atoms with E-state index in [0.29, 0.717) is 18.9 Å². The summed E-state index contributed by atoms with van der Waals surface area (Å²) in [5, 5.41) is 3.14. The summed E-state index contributed by atoms with van der Waals surface area (Å²) in [6.07, 6.45) is 0. The van der Waals surface area contributed by atoms with Gasteiger partial charge in [0.2, 0.25) is 0 Å². The van der Waals surface area contributed by atoms with Gasteiger partial charge in [-0.1, -0.05) is 29.8 Å². The molecule has 0 aliphatic carbocycles. The van der Waals surface area contributed by atoms with Gasteiger partial charge in [0.15, 0.2) is 0 Å². The molecular weight excluding hydrogens is 234 g/mol. The van der Waals surface area contributed by atoms with E-state index >= 15 is 0 Å². The summed E-state index contributed by atoms with van der Waals surface area (Å²) in [5.74, 6) is 0.194. The van der Waals surface area contributed by atoms with E-state index < -0.39 is 0 Å². The van der Waals surface area contributed by atoms with Crippen LogP contribution in [-0.2, 0) is 16.1 Å². The minimum atomic E-state index is -0.348. The largest absolute Gasteiger partial charge is 0.465 e. The Labute approximate surface area is 108 Å². The first-order valence-electron chi connectivity index (χ1n) is 5.73. The van der Waals surface area contributed by atoms with Crippen LogP contribution < -0.4 is 5.32 Å². The van der Waals surface area contributed by atoms with Crippen LogP contribution >= 0.6 is 12.6 Å². The molecule has 0 bridgehead atoms. The van der Waals surface area contributed by atoms with Crippen LogP contribution in [0.25, 0.3) is 0 Å². The molecule has 3 nitrogen and oxygen atoms in total. The lowest BCUT2D eigenvalue weighted by Gasteiger charge is -2.15. The third-order valence-electron chi connectivity index (χ3n) is 2.43. The predicted molar refractivity (Wildman–Crippen MR) is 72.3 cm³/mol. The molecule has 0 saturated carbocycles. The van der Waals surface area contributed by atoms with E-state index in [-0.39, 0.29) is 12.0 Å². The molecule has 1 aromatic carbocycles. The van der Waals surface area contributed by atoms with Crippen LogP contribution in [0.2, 0.25) is 0 Å². The molecule has 0 radical (unpaired) electrons. The van der Waals surface area contributed by atoms with Gasteiger partial charge < -0.3 is 4.74 Å². The molecule has 1 rings (SSSR count). The second kappa shape index (κ2) is 7.35. The summed E-state index contributed by atoms with van der Waals surface area (Å²) >= 11 is 4.15. The molecule has 0 spiro atoms. The van der Waals surface area contributed by atoms with Crippen molar-refractivity contribution in [1.29, 1.82) is 0 Å². The normalized spacial score (nSPS) is 12.2. The summed E-state index contributed by atoms with van der Waals surface area (Å²) in [5.41, 5.74) is 2.37. The molecule has 0 fully saturated rings. The molecule has 94 valence electrons. The Morgan fingerprint density at radius 1 is 1.41 bits per heavy atom. The zero-order chi connectivity index (χ0) is 12.7. The van der Waals surface area contributed by atoms with Crippen LogP contribution in [-0.4, -0.2) is 24.4 Å². The number of carbonyl (C=O) groups is 1. The van der Waals surface area contributed by atoms with Gasteiger partial charge in [-0.25, -0.2) is 0 Å². The van der Waals surface area contributed by atoms with Crippen LogP contribution in [0.3, 0.4) is 0 Å². The summed E-state index contributed by atoms with van der Waals surface area (Å²) in [6, 6.07) is 7.85. The fraction of sp³-hybridized carbons (Fsp3) is 0.462. The smallest absolute Gasteiger partial charge is 0.323 e. The van der Waals surface area contributed by atoms with E-state index in [1.165, 1.54) is 5.56 Å². The number of hydrogen-bond donors (Lipinski definition) is 2. The number of nitrogens with one attached hydrogen (secondary N) is 1. The lowest BCUT2D eigenvalue weighted by Crippen LogP contribution is -2.39. The molecule has 0 unspecified atom stereocenters. The second-order valence-corrected chi connectivity index (χ2v) is 4.22. The Morgan fingerprint density at radius 2 is 2.06 bits per heavy atom. The Morgan fingerprint density at radius 3 is 2.59 bits per heavy atom. The molecule has 0 aliphatic rings. The van der Waals surface area contributed by atoms with Crippen molar-refractivity contribution in [3.63, 3.8) is 0 Å². The van der Waals surface area contributed by atoms with Crippen LogP contribution in [0.15, 0.2) is 24.3 Å². The van der Waals surface area contributed by atoms with Gasteiger partial charge in [0, 0.05) is 12.3 Å². The average Bonchev–Trinajstić information content (AvgIpc) is 2.32. The van der Waals surface area contributed by atoms with Crippen LogP contribution in [0, 0.1) is 6.92 Å². The highest BCUT2D eigenvalue weighted by Crippen LogP contribution is 2.03. The van der Waals surface area contributed by atoms with Crippen molar-refractivity contribution in [2.45, 2.75) is 26.4 Å². The molecular formula is C13H19NO2S. The lowest BCUT2D eigenvalue weighted by atomic mass is 10.1. The number of esters is 1. The number of rotatable bonds is 6. The fourth-order valence-electron chi connectivity index (χ4n) is 1.41. The molecule has 1 aromatic rings. The second-order valence-electron chi connectivity index (χ2n) is 3.85. The van der Waals surface area contributed by atoms with Gasteiger partial charge in [-0.05, 0) is 19.4 Å². The lowest BCUT2D eigenvalue weighted by molar-refractivity contribution is -0.145. The molecule has 4 heteroatoms. The summed E-state index contributed by atoms with van der Waals surface area (Å²) in [6.45, 7) is 4.89. The highest BCUT2D eigenvalue weighted by Gasteiger charge is 2.16. The van der Waals surface area contributed by atoms with Gasteiger partial charge in [0.25, 0.3) is 0 Å². The van der Waals surface area contributed by atoms with Crippen LogP contribution in [0.1, 0.15) is 18.1 Å². The van der Waals surface area contributed by atoms with Crippen LogP contribution in [0.5, 0.6) is 0 Å². The van der Waals surface area contributed by atoms with Crippen LogP contribution in [0.4, 0.5) is 0 Å². The quantitative estimate of drug-likeness (QED) is 0.601. The predicted octanol–water partition coefficient (Wildman–Crippen LogP) is 1.95. The maximum absolute atomic E-state index is 11.5. The minimum Gasteiger partial charge on any atom is -0.465 e. The average molecular weight is 253 g/mol. The van der Waals surface area contributed by atoms with E-state index in [0.717, 1.165) is 5.56 Å². The molecule has 0 heterocycles. The highest BCUT2D eigenvalue weighted by molar-refractivity contribution is 7.80. The van der Waals surface area contributed by atoms with Gasteiger partial charge >= 0.3 is 5.97 Å². The first-order chi connectivity index (χ1) is 8.17. The van der Waals surface area contributed by atoms with Crippen molar-refractivity contribution >= 4 is 18.6 Å². The molecule has 1 atom stereocenters. The Kier molecular flexibility index (Phi) is 6.08. The number of thiol groups is 1. The van der Waals surface area contributed by atoms with Crippen molar-refractivity contribution in [3.8, 4) is 0 Å². The first-order valence-corrected chi connectivity index (χ1v) is 6.37. The third kappa shape index (κ3) is 4.79. The van der Waals surface area contributed by atoms with E-state index in [9.17, 15) is 4.79 Å². The summed E-state index contributed by atoms with van der Waals surface area (Å²) in [7, 11) is 0. The number of carbonyl (C=O) groups excluding carboxylic acids is 1. The van der Waals surface area contributed by atoms with E-state index in [2.05, 4.69) is 30.1 Å². The zero-order valence-electron chi connectivity index (χ0n) is 10.3. The van der Waals surface area contributed by atoms with E-state index in [1.54, 1.807) is 6.92 Å². The number of ether oxygens (including phenoxy) is 1. The standard InChI is InChI=1S/C13H19NO2S/c1-3-16-13(15)12(9-17)14-8-11-6-4-10(2)5-7-11/h4-7,12,14,17H,3,8-9H2,1-2H3/t12-/m0/s1. The maximum atomic E-state index is 11.5. The number of hydrogen-bond acceptors (Lipinski definition) is 4. The molecule has 0 amide bonds. The Bertz CT molecular complexity index is 351. The molecule has 17 heavy (non-hydrogen) atoms. The van der Waals surface area contributed by atoms with Crippen molar-refractivity contribution in [2.24, 2.45) is 0 Å². The zero-order valence-corrected chi connectivity index (χ0v) is 11.2. The Hall–Kier alpha value is -1.00. The van der Waals surface area contributed by atoms with Gasteiger partial charge in [-0.3, -0.25) is 10.1 Å². The fourth-order valence-corrected chi connectivity index (χ4v) is 1.69. The van der Waals surface area contributed by atoms with E-state index in [4.69, 9.17) is 4.74 Å². The number of aryl methyl sites for hydroxylation is 1. The molecule has 0 aliphatic heterocycles. The molecule has 0 saturated heterocycles.